The van der Waals surface area contributed by atoms with Crippen LogP contribution in [0, 0.1) is 0 Å². The summed E-state index contributed by atoms with van der Waals surface area (Å²) >= 11 is 0. The van der Waals surface area contributed by atoms with E-state index in [2.05, 4.69) is 5.16 Å². The first-order chi connectivity index (χ1) is 6.38. The number of oxime groups is 1. The molecule has 0 saturated carbocycles. The van der Waals surface area contributed by atoms with Crippen LogP contribution in [-0.4, -0.2) is 11.4 Å². The fraction of sp³-hybridized carbons (Fsp3) is 0.182. The van der Waals surface area contributed by atoms with Crippen LogP contribution in [0.25, 0.3) is 5.57 Å². The molecule has 1 aromatic carbocycles. The van der Waals surface area contributed by atoms with Gasteiger partial charge in [0.2, 0.25) is 0 Å². The molecule has 0 heterocycles. The summed E-state index contributed by atoms with van der Waals surface area (Å²) in [5.74, 6) is 0. The van der Waals surface area contributed by atoms with Crippen molar-refractivity contribution in [3.8, 4) is 0 Å². The summed E-state index contributed by atoms with van der Waals surface area (Å²) in [6.07, 6.45) is 4.41. The van der Waals surface area contributed by atoms with Crippen LogP contribution in [-0.2, 0) is 0 Å². The minimum absolute atomic E-state index is 0.927. The molecule has 1 rings (SSSR count). The Morgan fingerprint density at radius 1 is 1.38 bits per heavy atom. The lowest BCUT2D eigenvalue weighted by atomic mass is 10.1. The van der Waals surface area contributed by atoms with E-state index >= 15 is 0 Å². The minimum atomic E-state index is 0.927. The van der Waals surface area contributed by atoms with Crippen LogP contribution in [0.15, 0.2) is 41.6 Å². The van der Waals surface area contributed by atoms with Crippen molar-refractivity contribution in [2.45, 2.75) is 13.3 Å². The Labute approximate surface area is 78.2 Å². The van der Waals surface area contributed by atoms with Gasteiger partial charge in [-0.2, -0.15) is 0 Å². The third kappa shape index (κ3) is 2.75. The van der Waals surface area contributed by atoms with Gasteiger partial charge in [0, 0.05) is 0 Å². The quantitative estimate of drug-likeness (QED) is 0.427. The van der Waals surface area contributed by atoms with Crippen molar-refractivity contribution in [3.63, 3.8) is 0 Å². The lowest BCUT2D eigenvalue weighted by Gasteiger charge is -1.99. The number of allylic oxidation sites excluding steroid dienone is 2. The standard InChI is InChI=1S/C11H13NO/c1-2-6-11(9-12-13)10-7-4-3-5-8-10/h3-9,13H,2H2,1H3/b11-6-,12-9+. The molecule has 0 aliphatic carbocycles. The average molecular weight is 175 g/mol. The highest BCUT2D eigenvalue weighted by molar-refractivity contribution is 6.09. The first-order valence-electron chi connectivity index (χ1n) is 4.31. The predicted molar refractivity (Wildman–Crippen MR) is 55.0 cm³/mol. The van der Waals surface area contributed by atoms with Crippen molar-refractivity contribution < 1.29 is 5.21 Å². The Kier molecular flexibility index (Phi) is 3.76. The average Bonchev–Trinajstić information content (AvgIpc) is 2.19. The van der Waals surface area contributed by atoms with Gasteiger partial charge in [-0.25, -0.2) is 0 Å². The molecule has 68 valence electrons. The lowest BCUT2D eigenvalue weighted by molar-refractivity contribution is 0.322. The second-order valence-electron chi connectivity index (χ2n) is 2.68. The van der Waals surface area contributed by atoms with Gasteiger partial charge in [0.1, 0.15) is 0 Å². The molecular formula is C11H13NO. The molecule has 0 aliphatic rings. The lowest BCUT2D eigenvalue weighted by Crippen LogP contribution is -1.85. The number of hydrogen-bond acceptors (Lipinski definition) is 2. The molecule has 0 amide bonds. The molecule has 1 N–H and O–H groups in total. The van der Waals surface area contributed by atoms with Gasteiger partial charge in [0.15, 0.2) is 0 Å². The summed E-state index contributed by atoms with van der Waals surface area (Å²) in [7, 11) is 0. The maximum atomic E-state index is 8.45. The summed E-state index contributed by atoms with van der Waals surface area (Å²) < 4.78 is 0. The molecule has 0 aliphatic heterocycles. The van der Waals surface area contributed by atoms with Crippen LogP contribution >= 0.6 is 0 Å². The van der Waals surface area contributed by atoms with E-state index in [-0.39, 0.29) is 0 Å². The van der Waals surface area contributed by atoms with Gasteiger partial charge in [0.05, 0.1) is 6.21 Å². The Morgan fingerprint density at radius 2 is 2.08 bits per heavy atom. The monoisotopic (exact) mass is 175 g/mol. The van der Waals surface area contributed by atoms with Crippen LogP contribution in [0.3, 0.4) is 0 Å². The van der Waals surface area contributed by atoms with Crippen LogP contribution in [0.1, 0.15) is 18.9 Å². The molecule has 0 saturated heterocycles. The molecule has 2 nitrogen and oxygen atoms in total. The van der Waals surface area contributed by atoms with E-state index in [1.165, 1.54) is 6.21 Å². The highest BCUT2D eigenvalue weighted by Gasteiger charge is 1.95. The van der Waals surface area contributed by atoms with Crippen molar-refractivity contribution in [1.29, 1.82) is 0 Å². The molecule has 0 aromatic heterocycles. The van der Waals surface area contributed by atoms with Crippen LogP contribution in [0.5, 0.6) is 0 Å². The second kappa shape index (κ2) is 5.14. The predicted octanol–water partition coefficient (Wildman–Crippen LogP) is 2.94. The van der Waals surface area contributed by atoms with E-state index in [1.807, 2.05) is 43.3 Å². The van der Waals surface area contributed by atoms with Crippen LogP contribution < -0.4 is 0 Å². The number of hydrogen-bond donors (Lipinski definition) is 1. The summed E-state index contributed by atoms with van der Waals surface area (Å²) in [6, 6.07) is 9.86. The molecule has 0 atom stereocenters. The summed E-state index contributed by atoms with van der Waals surface area (Å²) in [4.78, 5) is 0. The fourth-order valence-electron chi connectivity index (χ4n) is 1.16. The Hall–Kier alpha value is -1.57. The molecular weight excluding hydrogens is 162 g/mol. The van der Waals surface area contributed by atoms with Gasteiger partial charge in [0.25, 0.3) is 0 Å². The van der Waals surface area contributed by atoms with Crippen LogP contribution in [0.4, 0.5) is 0 Å². The van der Waals surface area contributed by atoms with Crippen molar-refractivity contribution in [3.05, 3.63) is 42.0 Å². The van der Waals surface area contributed by atoms with Gasteiger partial charge in [-0.05, 0) is 17.6 Å². The smallest absolute Gasteiger partial charge is 0.0736 e. The van der Waals surface area contributed by atoms with Gasteiger partial charge >= 0.3 is 0 Å². The van der Waals surface area contributed by atoms with Gasteiger partial charge in [-0.1, -0.05) is 48.5 Å². The van der Waals surface area contributed by atoms with E-state index in [0.717, 1.165) is 17.6 Å². The van der Waals surface area contributed by atoms with Crippen molar-refractivity contribution in [2.75, 3.05) is 0 Å². The zero-order valence-electron chi connectivity index (χ0n) is 7.64. The molecule has 0 spiro atoms. The summed E-state index contributed by atoms with van der Waals surface area (Å²) in [5.41, 5.74) is 2.02. The third-order valence-electron chi connectivity index (χ3n) is 1.73. The van der Waals surface area contributed by atoms with Gasteiger partial charge in [-0.3, -0.25) is 0 Å². The highest BCUT2D eigenvalue weighted by atomic mass is 16.4. The van der Waals surface area contributed by atoms with E-state index in [9.17, 15) is 0 Å². The molecule has 0 fully saturated rings. The molecule has 0 radical (unpaired) electrons. The van der Waals surface area contributed by atoms with Gasteiger partial charge in [-0.15, -0.1) is 0 Å². The van der Waals surface area contributed by atoms with Crippen molar-refractivity contribution in [1.82, 2.24) is 0 Å². The second-order valence-corrected chi connectivity index (χ2v) is 2.68. The topological polar surface area (TPSA) is 32.6 Å². The SMILES string of the molecule is CC/C=C(/C=N/O)c1ccccc1. The molecule has 0 unspecified atom stereocenters. The maximum absolute atomic E-state index is 8.45. The normalized spacial score (nSPS) is 12.2. The zero-order valence-corrected chi connectivity index (χ0v) is 7.64. The van der Waals surface area contributed by atoms with Gasteiger partial charge < -0.3 is 5.21 Å². The van der Waals surface area contributed by atoms with E-state index in [1.54, 1.807) is 0 Å². The fourth-order valence-corrected chi connectivity index (χ4v) is 1.16. The summed E-state index contributed by atoms with van der Waals surface area (Å²) in [5, 5.41) is 11.5. The Morgan fingerprint density at radius 3 is 2.62 bits per heavy atom. The first kappa shape index (κ1) is 9.52. The molecule has 13 heavy (non-hydrogen) atoms. The van der Waals surface area contributed by atoms with E-state index < -0.39 is 0 Å². The highest BCUT2D eigenvalue weighted by Crippen LogP contribution is 2.12. The molecule has 1 aromatic rings. The third-order valence-corrected chi connectivity index (χ3v) is 1.73. The van der Waals surface area contributed by atoms with Crippen LogP contribution in [0.2, 0.25) is 0 Å². The summed E-state index contributed by atoms with van der Waals surface area (Å²) in [6.45, 7) is 2.05. The Bertz CT molecular complexity index is 301. The number of benzene rings is 1. The minimum Gasteiger partial charge on any atom is -0.411 e. The first-order valence-corrected chi connectivity index (χ1v) is 4.31. The van der Waals surface area contributed by atoms with E-state index in [0.29, 0.717) is 0 Å². The number of rotatable bonds is 3. The largest absolute Gasteiger partial charge is 0.411 e. The van der Waals surface area contributed by atoms with E-state index in [4.69, 9.17) is 5.21 Å². The van der Waals surface area contributed by atoms with Crippen molar-refractivity contribution >= 4 is 11.8 Å². The van der Waals surface area contributed by atoms with Crippen molar-refractivity contribution in [2.24, 2.45) is 5.16 Å². The number of nitrogens with zero attached hydrogens (tertiary/aromatic N) is 1. The molecule has 2 heteroatoms. The maximum Gasteiger partial charge on any atom is 0.0736 e. The Balaban J connectivity index is 2.96. The molecule has 0 bridgehead atoms. The zero-order chi connectivity index (χ0) is 9.52.